The standard InChI is InChI=1S/C11H11ClN2O/c12-7-1-2-9-10(5-7)14-4-3-8(15)6-11(14)13-9/h1-2,5,8,15H,3-4,6H2. The molecule has 2 heterocycles. The van der Waals surface area contributed by atoms with Gasteiger partial charge < -0.3 is 9.67 Å². The summed E-state index contributed by atoms with van der Waals surface area (Å²) in [7, 11) is 0. The molecule has 1 aliphatic rings. The molecule has 0 saturated heterocycles. The van der Waals surface area contributed by atoms with Crippen LogP contribution in [-0.4, -0.2) is 20.8 Å². The topological polar surface area (TPSA) is 38.0 Å². The lowest BCUT2D eigenvalue weighted by Crippen LogP contribution is -2.23. The van der Waals surface area contributed by atoms with E-state index in [2.05, 4.69) is 9.55 Å². The SMILES string of the molecule is OC1CCn2c(nc3ccc(Cl)cc32)C1. The van der Waals surface area contributed by atoms with Crippen LogP contribution in [0.4, 0.5) is 0 Å². The summed E-state index contributed by atoms with van der Waals surface area (Å²) < 4.78 is 2.15. The van der Waals surface area contributed by atoms with Crippen molar-refractivity contribution in [3.05, 3.63) is 29.0 Å². The minimum Gasteiger partial charge on any atom is -0.393 e. The number of fused-ring (bicyclic) bond motifs is 3. The molecule has 0 bridgehead atoms. The molecule has 15 heavy (non-hydrogen) atoms. The average Bonchev–Trinajstić information content (AvgIpc) is 2.54. The van der Waals surface area contributed by atoms with Gasteiger partial charge in [-0.25, -0.2) is 4.98 Å². The van der Waals surface area contributed by atoms with E-state index < -0.39 is 0 Å². The molecule has 1 N–H and O–H groups in total. The normalized spacial score (nSPS) is 20.5. The molecule has 0 fully saturated rings. The van der Waals surface area contributed by atoms with Crippen LogP contribution in [0.3, 0.4) is 0 Å². The number of halogens is 1. The molecular formula is C11H11ClN2O. The highest BCUT2D eigenvalue weighted by molar-refractivity contribution is 6.31. The van der Waals surface area contributed by atoms with Gasteiger partial charge in [-0.2, -0.15) is 0 Å². The van der Waals surface area contributed by atoms with Crippen LogP contribution in [0.25, 0.3) is 11.0 Å². The van der Waals surface area contributed by atoms with Gasteiger partial charge in [0.2, 0.25) is 0 Å². The minimum atomic E-state index is -0.246. The predicted molar refractivity (Wildman–Crippen MR) is 59.1 cm³/mol. The zero-order valence-electron chi connectivity index (χ0n) is 8.15. The Balaban J connectivity index is 2.24. The Labute approximate surface area is 92.3 Å². The number of hydrogen-bond acceptors (Lipinski definition) is 2. The van der Waals surface area contributed by atoms with Gasteiger partial charge in [0.15, 0.2) is 0 Å². The lowest BCUT2D eigenvalue weighted by atomic mass is 10.1. The number of nitrogens with zero attached hydrogens (tertiary/aromatic N) is 2. The lowest BCUT2D eigenvalue weighted by molar-refractivity contribution is 0.142. The van der Waals surface area contributed by atoms with E-state index in [0.29, 0.717) is 6.42 Å². The predicted octanol–water partition coefficient (Wildman–Crippen LogP) is 2.00. The van der Waals surface area contributed by atoms with Crippen molar-refractivity contribution in [2.75, 3.05) is 0 Å². The van der Waals surface area contributed by atoms with Crippen molar-refractivity contribution >= 4 is 22.6 Å². The fourth-order valence-corrected chi connectivity index (χ4v) is 2.31. The van der Waals surface area contributed by atoms with Crippen LogP contribution in [-0.2, 0) is 13.0 Å². The summed E-state index contributed by atoms with van der Waals surface area (Å²) >= 11 is 5.96. The molecule has 1 unspecified atom stereocenters. The van der Waals surface area contributed by atoms with Crippen molar-refractivity contribution in [1.29, 1.82) is 0 Å². The number of aliphatic hydroxyl groups excluding tert-OH is 1. The van der Waals surface area contributed by atoms with E-state index in [1.807, 2.05) is 18.2 Å². The smallest absolute Gasteiger partial charge is 0.112 e. The molecule has 0 radical (unpaired) electrons. The third-order valence-electron chi connectivity index (χ3n) is 2.89. The summed E-state index contributed by atoms with van der Waals surface area (Å²) in [5.74, 6) is 0.964. The van der Waals surface area contributed by atoms with Crippen LogP contribution < -0.4 is 0 Å². The Hall–Kier alpha value is -1.06. The number of hydrogen-bond donors (Lipinski definition) is 1. The largest absolute Gasteiger partial charge is 0.393 e. The number of imidazole rings is 1. The van der Waals surface area contributed by atoms with Gasteiger partial charge in [0.25, 0.3) is 0 Å². The fourth-order valence-electron chi connectivity index (χ4n) is 2.14. The van der Waals surface area contributed by atoms with E-state index in [0.717, 1.165) is 34.8 Å². The Bertz CT molecular complexity index is 521. The summed E-state index contributed by atoms with van der Waals surface area (Å²) in [4.78, 5) is 4.49. The molecule has 2 aromatic rings. The van der Waals surface area contributed by atoms with Gasteiger partial charge in [0.1, 0.15) is 5.82 Å². The second kappa shape index (κ2) is 3.22. The van der Waals surface area contributed by atoms with Gasteiger partial charge in [0.05, 0.1) is 17.1 Å². The number of benzene rings is 1. The Morgan fingerprint density at radius 2 is 2.33 bits per heavy atom. The van der Waals surface area contributed by atoms with Crippen molar-refractivity contribution in [3.63, 3.8) is 0 Å². The maximum Gasteiger partial charge on any atom is 0.112 e. The molecule has 0 amide bonds. The van der Waals surface area contributed by atoms with E-state index in [1.54, 1.807) is 0 Å². The number of aryl methyl sites for hydroxylation is 1. The highest BCUT2D eigenvalue weighted by Crippen LogP contribution is 2.24. The van der Waals surface area contributed by atoms with Crippen LogP contribution >= 0.6 is 11.6 Å². The van der Waals surface area contributed by atoms with Crippen LogP contribution in [0.5, 0.6) is 0 Å². The van der Waals surface area contributed by atoms with E-state index >= 15 is 0 Å². The summed E-state index contributed by atoms with van der Waals surface area (Å²) in [6, 6.07) is 5.71. The zero-order chi connectivity index (χ0) is 10.4. The van der Waals surface area contributed by atoms with Gasteiger partial charge >= 0.3 is 0 Å². The minimum absolute atomic E-state index is 0.246. The molecule has 3 rings (SSSR count). The lowest BCUT2D eigenvalue weighted by Gasteiger charge is -2.19. The van der Waals surface area contributed by atoms with E-state index in [9.17, 15) is 5.11 Å². The molecular weight excluding hydrogens is 212 g/mol. The van der Waals surface area contributed by atoms with Crippen LogP contribution in [0.15, 0.2) is 18.2 Å². The Kier molecular flexibility index (Phi) is 1.97. The van der Waals surface area contributed by atoms with Crippen molar-refractivity contribution in [1.82, 2.24) is 9.55 Å². The zero-order valence-corrected chi connectivity index (χ0v) is 8.91. The first-order valence-corrected chi connectivity index (χ1v) is 5.44. The highest BCUT2D eigenvalue weighted by atomic mass is 35.5. The van der Waals surface area contributed by atoms with Crippen LogP contribution in [0, 0.1) is 0 Å². The molecule has 4 heteroatoms. The second-order valence-electron chi connectivity index (χ2n) is 3.96. The number of rotatable bonds is 0. The number of aliphatic hydroxyl groups is 1. The van der Waals surface area contributed by atoms with Gasteiger partial charge in [-0.15, -0.1) is 0 Å². The molecule has 0 spiro atoms. The molecule has 0 aliphatic carbocycles. The van der Waals surface area contributed by atoms with Crippen molar-refractivity contribution in [2.45, 2.75) is 25.5 Å². The highest BCUT2D eigenvalue weighted by Gasteiger charge is 2.19. The van der Waals surface area contributed by atoms with Gasteiger partial charge in [-0.05, 0) is 24.6 Å². The molecule has 78 valence electrons. The van der Waals surface area contributed by atoms with E-state index in [-0.39, 0.29) is 6.10 Å². The first kappa shape index (κ1) is 9.19. The maximum absolute atomic E-state index is 9.56. The Morgan fingerprint density at radius 1 is 1.47 bits per heavy atom. The quantitative estimate of drug-likeness (QED) is 0.741. The molecule has 0 saturated carbocycles. The van der Waals surface area contributed by atoms with Crippen LogP contribution in [0.1, 0.15) is 12.2 Å². The third-order valence-corrected chi connectivity index (χ3v) is 3.13. The monoisotopic (exact) mass is 222 g/mol. The molecule has 1 atom stereocenters. The first-order valence-electron chi connectivity index (χ1n) is 5.07. The van der Waals surface area contributed by atoms with E-state index in [4.69, 9.17) is 11.6 Å². The molecule has 1 aliphatic heterocycles. The van der Waals surface area contributed by atoms with Crippen molar-refractivity contribution in [3.8, 4) is 0 Å². The van der Waals surface area contributed by atoms with Crippen molar-refractivity contribution in [2.24, 2.45) is 0 Å². The Morgan fingerprint density at radius 3 is 3.20 bits per heavy atom. The molecule has 1 aromatic heterocycles. The summed E-state index contributed by atoms with van der Waals surface area (Å²) in [6.45, 7) is 0.827. The average molecular weight is 223 g/mol. The summed E-state index contributed by atoms with van der Waals surface area (Å²) in [5.41, 5.74) is 2.04. The van der Waals surface area contributed by atoms with Gasteiger partial charge in [-0.3, -0.25) is 0 Å². The second-order valence-corrected chi connectivity index (χ2v) is 4.40. The fraction of sp³-hybridized carbons (Fsp3) is 0.364. The van der Waals surface area contributed by atoms with Gasteiger partial charge in [-0.1, -0.05) is 11.6 Å². The summed E-state index contributed by atoms with van der Waals surface area (Å²) in [5, 5.41) is 10.3. The van der Waals surface area contributed by atoms with E-state index in [1.165, 1.54) is 0 Å². The van der Waals surface area contributed by atoms with Gasteiger partial charge in [0, 0.05) is 18.0 Å². The van der Waals surface area contributed by atoms with Crippen LogP contribution in [0.2, 0.25) is 5.02 Å². The molecule has 3 nitrogen and oxygen atoms in total. The molecule has 1 aromatic carbocycles. The summed E-state index contributed by atoms with van der Waals surface area (Å²) in [6.07, 6.45) is 1.20. The maximum atomic E-state index is 9.56. The first-order chi connectivity index (χ1) is 7.24. The van der Waals surface area contributed by atoms with Crippen molar-refractivity contribution < 1.29 is 5.11 Å². The number of aromatic nitrogens is 2. The third kappa shape index (κ3) is 1.43.